The van der Waals surface area contributed by atoms with Gasteiger partial charge in [-0.3, -0.25) is 4.79 Å². The first-order valence-electron chi connectivity index (χ1n) is 6.84. The van der Waals surface area contributed by atoms with Crippen LogP contribution in [0.4, 0.5) is 0 Å². The van der Waals surface area contributed by atoms with E-state index < -0.39 is 0 Å². The van der Waals surface area contributed by atoms with Crippen LogP contribution in [0.3, 0.4) is 0 Å². The number of nitrogens with two attached hydrogens (primary N) is 1. The van der Waals surface area contributed by atoms with E-state index in [1.54, 1.807) is 0 Å². The van der Waals surface area contributed by atoms with Crippen LogP contribution in [0.15, 0.2) is 24.3 Å². The van der Waals surface area contributed by atoms with Crippen LogP contribution in [0.25, 0.3) is 0 Å². The van der Waals surface area contributed by atoms with Crippen LogP contribution in [0.5, 0.6) is 0 Å². The van der Waals surface area contributed by atoms with E-state index in [0.717, 1.165) is 31.5 Å². The van der Waals surface area contributed by atoms with Gasteiger partial charge < -0.3 is 9.74 Å². The maximum atomic E-state index is 12.2. The molecule has 1 fully saturated rings. The fourth-order valence-electron chi connectivity index (χ4n) is 2.59. The third-order valence-corrected chi connectivity index (χ3v) is 3.74. The highest BCUT2D eigenvalue weighted by molar-refractivity contribution is 5.78. The number of aryl methyl sites for hydroxylation is 1. The number of nitrogens with zero attached hydrogens (tertiary/aromatic N) is 1. The Labute approximate surface area is 114 Å². The first-order chi connectivity index (χ1) is 9.19. The standard InChI is InChI=1S/C15H22N2O2/c1-12-3-2-4-14(9-12)10-15(18)17-7-5-13(6-8-17)11-19-16/h2-4,9,13H,5-8,10-11,16H2,1H3. The van der Waals surface area contributed by atoms with E-state index in [1.165, 1.54) is 5.56 Å². The van der Waals surface area contributed by atoms with Gasteiger partial charge in [-0.1, -0.05) is 29.8 Å². The van der Waals surface area contributed by atoms with Crippen molar-refractivity contribution < 1.29 is 9.63 Å². The van der Waals surface area contributed by atoms with Gasteiger partial charge in [0.05, 0.1) is 13.0 Å². The topological polar surface area (TPSA) is 55.6 Å². The molecule has 0 unspecified atom stereocenters. The number of piperidine rings is 1. The van der Waals surface area contributed by atoms with E-state index in [9.17, 15) is 4.79 Å². The summed E-state index contributed by atoms with van der Waals surface area (Å²) in [6.07, 6.45) is 2.47. The lowest BCUT2D eigenvalue weighted by Crippen LogP contribution is -2.40. The second-order valence-electron chi connectivity index (χ2n) is 5.32. The predicted octanol–water partition coefficient (Wildman–Crippen LogP) is 1.67. The average Bonchev–Trinajstić information content (AvgIpc) is 2.40. The highest BCUT2D eigenvalue weighted by Crippen LogP contribution is 2.18. The summed E-state index contributed by atoms with van der Waals surface area (Å²) in [5, 5.41) is 0. The minimum atomic E-state index is 0.220. The molecule has 4 nitrogen and oxygen atoms in total. The second kappa shape index (κ2) is 6.68. The molecule has 0 saturated carbocycles. The van der Waals surface area contributed by atoms with Gasteiger partial charge in [0.15, 0.2) is 0 Å². The van der Waals surface area contributed by atoms with Crippen molar-refractivity contribution in [2.45, 2.75) is 26.2 Å². The van der Waals surface area contributed by atoms with Crippen molar-refractivity contribution in [1.29, 1.82) is 0 Å². The monoisotopic (exact) mass is 262 g/mol. The molecule has 1 aliphatic rings. The van der Waals surface area contributed by atoms with Gasteiger partial charge in [0, 0.05) is 13.1 Å². The fraction of sp³-hybridized carbons (Fsp3) is 0.533. The normalized spacial score (nSPS) is 16.6. The fourth-order valence-corrected chi connectivity index (χ4v) is 2.59. The molecule has 104 valence electrons. The Kier molecular flexibility index (Phi) is 4.93. The molecule has 4 heteroatoms. The maximum absolute atomic E-state index is 12.2. The van der Waals surface area contributed by atoms with Crippen LogP contribution in [0, 0.1) is 12.8 Å². The Hall–Kier alpha value is -1.39. The van der Waals surface area contributed by atoms with E-state index in [4.69, 9.17) is 5.90 Å². The van der Waals surface area contributed by atoms with Crippen LogP contribution >= 0.6 is 0 Å². The minimum Gasteiger partial charge on any atom is -0.342 e. The summed E-state index contributed by atoms with van der Waals surface area (Å²) >= 11 is 0. The highest BCUT2D eigenvalue weighted by atomic mass is 16.6. The van der Waals surface area contributed by atoms with Crippen molar-refractivity contribution >= 4 is 5.91 Å². The van der Waals surface area contributed by atoms with E-state index >= 15 is 0 Å². The Morgan fingerprint density at radius 1 is 1.42 bits per heavy atom. The lowest BCUT2D eigenvalue weighted by atomic mass is 9.97. The molecule has 19 heavy (non-hydrogen) atoms. The molecule has 1 heterocycles. The average molecular weight is 262 g/mol. The Morgan fingerprint density at radius 3 is 2.79 bits per heavy atom. The number of rotatable bonds is 4. The molecule has 1 amide bonds. The summed E-state index contributed by atoms with van der Waals surface area (Å²) in [6, 6.07) is 8.14. The van der Waals surface area contributed by atoms with Crippen LogP contribution in [0.1, 0.15) is 24.0 Å². The zero-order chi connectivity index (χ0) is 13.7. The maximum Gasteiger partial charge on any atom is 0.226 e. The first kappa shape index (κ1) is 14.0. The number of carbonyl (C=O) groups excluding carboxylic acids is 1. The molecular weight excluding hydrogens is 240 g/mol. The molecule has 1 aromatic carbocycles. The van der Waals surface area contributed by atoms with E-state index in [-0.39, 0.29) is 5.91 Å². The second-order valence-corrected chi connectivity index (χ2v) is 5.32. The van der Waals surface area contributed by atoms with Crippen molar-refractivity contribution in [3.05, 3.63) is 35.4 Å². The molecule has 0 aromatic heterocycles. The van der Waals surface area contributed by atoms with Gasteiger partial charge in [0.25, 0.3) is 0 Å². The SMILES string of the molecule is Cc1cccc(CC(=O)N2CCC(CON)CC2)c1. The highest BCUT2D eigenvalue weighted by Gasteiger charge is 2.22. The van der Waals surface area contributed by atoms with E-state index in [0.29, 0.717) is 18.9 Å². The molecule has 1 saturated heterocycles. The van der Waals surface area contributed by atoms with Gasteiger partial charge in [-0.25, -0.2) is 5.90 Å². The smallest absolute Gasteiger partial charge is 0.226 e. The molecule has 0 aliphatic carbocycles. The van der Waals surface area contributed by atoms with Crippen molar-refractivity contribution in [2.75, 3.05) is 19.7 Å². The van der Waals surface area contributed by atoms with Crippen LogP contribution in [-0.4, -0.2) is 30.5 Å². The summed E-state index contributed by atoms with van der Waals surface area (Å²) in [5.74, 6) is 5.80. The Morgan fingerprint density at radius 2 is 2.16 bits per heavy atom. The largest absolute Gasteiger partial charge is 0.342 e. The van der Waals surface area contributed by atoms with Gasteiger partial charge in [-0.15, -0.1) is 0 Å². The van der Waals surface area contributed by atoms with Crippen LogP contribution in [-0.2, 0) is 16.1 Å². The Balaban J connectivity index is 1.84. The van der Waals surface area contributed by atoms with Crippen molar-refractivity contribution in [1.82, 2.24) is 4.90 Å². The predicted molar refractivity (Wildman–Crippen MR) is 74.3 cm³/mol. The number of hydrogen-bond donors (Lipinski definition) is 1. The van der Waals surface area contributed by atoms with Gasteiger partial charge in [0.1, 0.15) is 0 Å². The third-order valence-electron chi connectivity index (χ3n) is 3.74. The van der Waals surface area contributed by atoms with Crippen molar-refractivity contribution in [2.24, 2.45) is 11.8 Å². The molecule has 0 radical (unpaired) electrons. The van der Waals surface area contributed by atoms with Crippen molar-refractivity contribution in [3.63, 3.8) is 0 Å². The zero-order valence-electron chi connectivity index (χ0n) is 11.5. The summed E-state index contributed by atoms with van der Waals surface area (Å²) in [7, 11) is 0. The van der Waals surface area contributed by atoms with Gasteiger partial charge >= 0.3 is 0 Å². The van der Waals surface area contributed by atoms with Crippen molar-refractivity contribution in [3.8, 4) is 0 Å². The van der Waals surface area contributed by atoms with E-state index in [2.05, 4.69) is 10.9 Å². The van der Waals surface area contributed by atoms with E-state index in [1.807, 2.05) is 30.0 Å². The summed E-state index contributed by atoms with van der Waals surface area (Å²) in [6.45, 7) is 4.28. The number of benzene rings is 1. The van der Waals surface area contributed by atoms with Gasteiger partial charge in [-0.05, 0) is 31.2 Å². The number of carbonyl (C=O) groups is 1. The third kappa shape index (κ3) is 4.04. The molecule has 2 rings (SSSR count). The molecule has 0 bridgehead atoms. The molecule has 2 N–H and O–H groups in total. The lowest BCUT2D eigenvalue weighted by Gasteiger charge is -2.31. The summed E-state index contributed by atoms with van der Waals surface area (Å²) in [5.41, 5.74) is 2.29. The van der Waals surface area contributed by atoms with Crippen LogP contribution < -0.4 is 5.90 Å². The lowest BCUT2D eigenvalue weighted by molar-refractivity contribution is -0.132. The molecule has 1 aliphatic heterocycles. The molecule has 0 atom stereocenters. The first-order valence-corrected chi connectivity index (χ1v) is 6.84. The molecule has 0 spiro atoms. The zero-order valence-corrected chi connectivity index (χ0v) is 11.5. The number of likely N-dealkylation sites (tertiary alicyclic amines) is 1. The summed E-state index contributed by atoms with van der Waals surface area (Å²) in [4.78, 5) is 18.8. The Bertz CT molecular complexity index is 426. The van der Waals surface area contributed by atoms with Gasteiger partial charge in [0.2, 0.25) is 5.91 Å². The number of hydrogen-bond acceptors (Lipinski definition) is 3. The number of amides is 1. The molecular formula is C15H22N2O2. The minimum absolute atomic E-state index is 0.220. The summed E-state index contributed by atoms with van der Waals surface area (Å²) < 4.78 is 0. The van der Waals surface area contributed by atoms with Gasteiger partial charge in [-0.2, -0.15) is 0 Å². The quantitative estimate of drug-likeness (QED) is 0.840. The molecule has 1 aromatic rings. The van der Waals surface area contributed by atoms with Crippen LogP contribution in [0.2, 0.25) is 0 Å².